The predicted molar refractivity (Wildman–Crippen MR) is 105 cm³/mol. The highest BCUT2D eigenvalue weighted by Gasteiger charge is 2.26. The Kier molecular flexibility index (Phi) is 4.16. The monoisotopic (exact) mass is 372 g/mol. The Morgan fingerprint density at radius 1 is 1.14 bits per heavy atom. The number of benzene rings is 2. The van der Waals surface area contributed by atoms with Gasteiger partial charge in [-0.05, 0) is 42.7 Å². The second-order valence-electron chi connectivity index (χ2n) is 7.23. The number of nitrogens with zero attached hydrogens (tertiary/aromatic N) is 2. The van der Waals surface area contributed by atoms with Crippen LogP contribution in [0.1, 0.15) is 52.0 Å². The zero-order valence-electron chi connectivity index (χ0n) is 15.3. The summed E-state index contributed by atoms with van der Waals surface area (Å²) in [5, 5.41) is 10.2. The van der Waals surface area contributed by atoms with Crippen molar-refractivity contribution >= 4 is 17.0 Å². The van der Waals surface area contributed by atoms with E-state index in [2.05, 4.69) is 20.5 Å². The van der Waals surface area contributed by atoms with Gasteiger partial charge in [0.15, 0.2) is 11.5 Å². The van der Waals surface area contributed by atoms with E-state index in [0.717, 1.165) is 17.0 Å². The number of hydrogen-bond donors (Lipinski definition) is 2. The smallest absolute Gasteiger partial charge is 0.251 e. The van der Waals surface area contributed by atoms with Gasteiger partial charge in [-0.2, -0.15) is 5.10 Å². The number of hydrogen-bond acceptors (Lipinski definition) is 4. The fourth-order valence-corrected chi connectivity index (χ4v) is 3.30. The van der Waals surface area contributed by atoms with Crippen LogP contribution in [0.2, 0.25) is 0 Å². The maximum atomic E-state index is 12.5. The number of nitrogens with one attached hydrogen (secondary N) is 2. The van der Waals surface area contributed by atoms with E-state index in [4.69, 9.17) is 4.42 Å². The molecule has 2 aromatic heterocycles. The number of oxazole rings is 1. The topological polar surface area (TPSA) is 83.8 Å². The van der Waals surface area contributed by atoms with Crippen molar-refractivity contribution < 1.29 is 9.21 Å². The maximum Gasteiger partial charge on any atom is 0.251 e. The molecule has 0 unspecified atom stereocenters. The molecule has 1 aliphatic rings. The van der Waals surface area contributed by atoms with E-state index >= 15 is 0 Å². The van der Waals surface area contributed by atoms with E-state index in [0.29, 0.717) is 41.4 Å². The van der Waals surface area contributed by atoms with Gasteiger partial charge in [-0.15, -0.1) is 0 Å². The minimum atomic E-state index is -0.142. The third-order valence-corrected chi connectivity index (χ3v) is 4.98. The first-order valence-corrected chi connectivity index (χ1v) is 9.50. The molecule has 0 saturated heterocycles. The highest BCUT2D eigenvalue weighted by Crippen LogP contribution is 2.38. The zero-order valence-corrected chi connectivity index (χ0v) is 15.3. The highest BCUT2D eigenvalue weighted by molar-refractivity contribution is 5.97. The van der Waals surface area contributed by atoms with Gasteiger partial charge in [0.1, 0.15) is 5.52 Å². The highest BCUT2D eigenvalue weighted by atomic mass is 16.3. The third kappa shape index (κ3) is 3.53. The maximum absolute atomic E-state index is 12.5. The number of carbonyl (C=O) groups is 1. The second kappa shape index (κ2) is 6.96. The number of fused-ring (bicyclic) bond motifs is 1. The van der Waals surface area contributed by atoms with Crippen LogP contribution in [-0.4, -0.2) is 21.1 Å². The Labute approximate surface area is 162 Å². The molecular weight excluding hydrogens is 352 g/mol. The van der Waals surface area contributed by atoms with Crippen LogP contribution in [0, 0.1) is 0 Å². The van der Waals surface area contributed by atoms with Crippen molar-refractivity contribution in [2.45, 2.75) is 31.7 Å². The van der Waals surface area contributed by atoms with Gasteiger partial charge in [-0.25, -0.2) is 4.98 Å². The Bertz CT molecular complexity index is 1130. The molecule has 4 aromatic rings. The van der Waals surface area contributed by atoms with Gasteiger partial charge in [0.2, 0.25) is 0 Å². The number of carbonyl (C=O) groups excluding carboxylic acids is 1. The van der Waals surface area contributed by atoms with Gasteiger partial charge < -0.3 is 9.73 Å². The fourth-order valence-electron chi connectivity index (χ4n) is 3.30. The molecule has 1 saturated carbocycles. The molecule has 2 N–H and O–H groups in total. The molecule has 5 rings (SSSR count). The van der Waals surface area contributed by atoms with E-state index < -0.39 is 0 Å². The zero-order chi connectivity index (χ0) is 18.9. The predicted octanol–water partition coefficient (Wildman–Crippen LogP) is 3.95. The van der Waals surface area contributed by atoms with E-state index in [1.54, 1.807) is 18.2 Å². The van der Waals surface area contributed by atoms with Crippen molar-refractivity contribution in [2.75, 3.05) is 0 Å². The van der Waals surface area contributed by atoms with E-state index in [1.807, 2.05) is 36.4 Å². The Balaban J connectivity index is 1.27. The molecule has 2 aromatic carbocycles. The summed E-state index contributed by atoms with van der Waals surface area (Å²) in [6.07, 6.45) is 3.04. The molecule has 1 aliphatic carbocycles. The average molecular weight is 372 g/mol. The molecule has 0 radical (unpaired) electrons. The first kappa shape index (κ1) is 16.7. The number of aromatic nitrogens is 3. The summed E-state index contributed by atoms with van der Waals surface area (Å²) < 4.78 is 5.81. The molecule has 0 spiro atoms. The van der Waals surface area contributed by atoms with Crippen LogP contribution in [0.15, 0.2) is 59.0 Å². The fraction of sp³-hybridized carbons (Fsp3) is 0.227. The normalized spacial score (nSPS) is 13.7. The van der Waals surface area contributed by atoms with Crippen LogP contribution in [0.5, 0.6) is 0 Å². The lowest BCUT2D eigenvalue weighted by atomic mass is 10.1. The Morgan fingerprint density at radius 3 is 2.82 bits per heavy atom. The molecular formula is C22H20N4O2. The van der Waals surface area contributed by atoms with Crippen molar-refractivity contribution in [3.05, 3.63) is 83.0 Å². The summed E-state index contributed by atoms with van der Waals surface area (Å²) in [4.78, 5) is 17.0. The van der Waals surface area contributed by atoms with Crippen LogP contribution < -0.4 is 5.32 Å². The van der Waals surface area contributed by atoms with Crippen LogP contribution in [0.25, 0.3) is 11.1 Å². The summed E-state index contributed by atoms with van der Waals surface area (Å²) in [5.41, 5.74) is 5.09. The number of aromatic amines is 1. The molecule has 140 valence electrons. The standard InChI is InChI=1S/C22H20N4O2/c27-22(23-13-17-12-18(26-25-17)15-6-7-15)16-8-9-20-19(11-16)24-21(28-20)10-14-4-2-1-3-5-14/h1-5,8-9,11-12,15H,6-7,10,13H2,(H,23,27)(H,25,26). The van der Waals surface area contributed by atoms with Gasteiger partial charge >= 0.3 is 0 Å². The summed E-state index contributed by atoms with van der Waals surface area (Å²) in [6.45, 7) is 0.425. The summed E-state index contributed by atoms with van der Waals surface area (Å²) in [6, 6.07) is 17.4. The van der Waals surface area contributed by atoms with Crippen molar-refractivity contribution in [3.8, 4) is 0 Å². The van der Waals surface area contributed by atoms with Crippen molar-refractivity contribution in [3.63, 3.8) is 0 Å². The first-order valence-electron chi connectivity index (χ1n) is 9.50. The molecule has 6 nitrogen and oxygen atoms in total. The first-order chi connectivity index (χ1) is 13.7. The van der Waals surface area contributed by atoms with Gasteiger partial charge in [-0.1, -0.05) is 30.3 Å². The summed E-state index contributed by atoms with van der Waals surface area (Å²) >= 11 is 0. The van der Waals surface area contributed by atoms with Gasteiger partial charge in [0.25, 0.3) is 5.91 Å². The number of amides is 1. The Morgan fingerprint density at radius 2 is 2.00 bits per heavy atom. The molecule has 0 bridgehead atoms. The molecule has 2 heterocycles. The Hall–Kier alpha value is -3.41. The van der Waals surface area contributed by atoms with Crippen LogP contribution in [-0.2, 0) is 13.0 Å². The molecule has 1 fully saturated rings. The molecule has 28 heavy (non-hydrogen) atoms. The summed E-state index contributed by atoms with van der Waals surface area (Å²) in [7, 11) is 0. The lowest BCUT2D eigenvalue weighted by molar-refractivity contribution is 0.0950. The molecule has 6 heteroatoms. The van der Waals surface area contributed by atoms with E-state index in [1.165, 1.54) is 12.8 Å². The average Bonchev–Trinajstić information content (AvgIpc) is 3.32. The van der Waals surface area contributed by atoms with Gasteiger partial charge in [0, 0.05) is 17.9 Å². The number of H-pyrrole nitrogens is 1. The summed E-state index contributed by atoms with van der Waals surface area (Å²) in [5.74, 6) is 1.10. The third-order valence-electron chi connectivity index (χ3n) is 4.98. The minimum Gasteiger partial charge on any atom is -0.440 e. The minimum absolute atomic E-state index is 0.142. The molecule has 0 atom stereocenters. The quantitative estimate of drug-likeness (QED) is 0.537. The van der Waals surface area contributed by atoms with Crippen molar-refractivity contribution in [1.29, 1.82) is 0 Å². The lowest BCUT2D eigenvalue weighted by Crippen LogP contribution is -2.22. The molecule has 0 aliphatic heterocycles. The number of rotatable bonds is 6. The molecule has 1 amide bonds. The van der Waals surface area contributed by atoms with Crippen molar-refractivity contribution in [1.82, 2.24) is 20.5 Å². The SMILES string of the molecule is O=C(NCc1cc(C2CC2)n[nH]1)c1ccc2oc(Cc3ccccc3)nc2c1. The van der Waals surface area contributed by atoms with Crippen LogP contribution in [0.4, 0.5) is 0 Å². The van der Waals surface area contributed by atoms with Gasteiger partial charge in [-0.3, -0.25) is 9.89 Å². The van der Waals surface area contributed by atoms with Crippen molar-refractivity contribution in [2.24, 2.45) is 0 Å². The second-order valence-corrected chi connectivity index (χ2v) is 7.23. The van der Waals surface area contributed by atoms with E-state index in [9.17, 15) is 4.79 Å². The van der Waals surface area contributed by atoms with Crippen LogP contribution in [0.3, 0.4) is 0 Å². The van der Waals surface area contributed by atoms with Gasteiger partial charge in [0.05, 0.1) is 17.9 Å². The lowest BCUT2D eigenvalue weighted by Gasteiger charge is -2.03. The van der Waals surface area contributed by atoms with Crippen LogP contribution >= 0.6 is 0 Å². The largest absolute Gasteiger partial charge is 0.440 e. The van der Waals surface area contributed by atoms with E-state index in [-0.39, 0.29) is 5.91 Å².